The number of carbonyl (C=O) groups excluding carboxylic acids is 1. The molecule has 1 amide bonds. The van der Waals surface area contributed by atoms with E-state index in [0.717, 1.165) is 52.1 Å². The van der Waals surface area contributed by atoms with E-state index in [1.165, 1.54) is 0 Å². The Labute approximate surface area is 91.8 Å². The third-order valence-corrected chi connectivity index (χ3v) is 2.96. The summed E-state index contributed by atoms with van der Waals surface area (Å²) in [5.74, 6) is -0.0305. The second-order valence-corrected chi connectivity index (χ2v) is 4.07. The predicted molar refractivity (Wildman–Crippen MR) is 59.5 cm³/mol. The van der Waals surface area contributed by atoms with Crippen LogP contribution in [0.5, 0.6) is 0 Å². The lowest BCUT2D eigenvalue weighted by atomic mass is 9.96. The molecule has 0 aliphatic carbocycles. The molecule has 1 fully saturated rings. The zero-order valence-corrected chi connectivity index (χ0v) is 9.58. The van der Waals surface area contributed by atoms with Crippen LogP contribution in [0, 0.1) is 5.92 Å². The minimum Gasteiger partial charge on any atom is -0.382 e. The summed E-state index contributed by atoms with van der Waals surface area (Å²) in [6, 6.07) is 0. The zero-order chi connectivity index (χ0) is 11.1. The van der Waals surface area contributed by atoms with Crippen LogP contribution >= 0.6 is 0 Å². The maximum absolute atomic E-state index is 10.9. The Bertz CT molecular complexity index is 189. The molecule has 0 aromatic carbocycles. The first-order chi connectivity index (χ1) is 7.24. The highest BCUT2D eigenvalue weighted by atomic mass is 16.5. The molecule has 2 N–H and O–H groups in total. The van der Waals surface area contributed by atoms with Gasteiger partial charge in [-0.2, -0.15) is 0 Å². The number of likely N-dealkylation sites (tertiary alicyclic amines) is 1. The number of carbonyl (C=O) groups is 1. The highest BCUT2D eigenvalue weighted by Crippen LogP contribution is 2.16. The van der Waals surface area contributed by atoms with Crippen molar-refractivity contribution in [2.45, 2.75) is 26.2 Å². The zero-order valence-electron chi connectivity index (χ0n) is 9.58. The van der Waals surface area contributed by atoms with Crippen LogP contribution < -0.4 is 5.73 Å². The average molecular weight is 214 g/mol. The van der Waals surface area contributed by atoms with Gasteiger partial charge in [0.05, 0.1) is 0 Å². The van der Waals surface area contributed by atoms with Crippen LogP contribution in [-0.2, 0) is 9.53 Å². The van der Waals surface area contributed by atoms with Crippen molar-refractivity contribution < 1.29 is 9.53 Å². The first-order valence-corrected chi connectivity index (χ1v) is 5.83. The normalized spacial score (nSPS) is 19.3. The summed E-state index contributed by atoms with van der Waals surface area (Å²) < 4.78 is 5.28. The molecule has 0 radical (unpaired) electrons. The van der Waals surface area contributed by atoms with Gasteiger partial charge in [0.2, 0.25) is 5.91 Å². The smallest absolute Gasteiger partial charge is 0.220 e. The number of amides is 1. The van der Waals surface area contributed by atoms with Gasteiger partial charge >= 0.3 is 0 Å². The van der Waals surface area contributed by atoms with Crippen molar-refractivity contribution in [3.63, 3.8) is 0 Å². The van der Waals surface area contributed by atoms with Crippen LogP contribution in [0.25, 0.3) is 0 Å². The van der Waals surface area contributed by atoms with Crippen LogP contribution in [-0.4, -0.2) is 43.7 Å². The van der Waals surface area contributed by atoms with Crippen molar-refractivity contribution in [3.8, 4) is 0 Å². The fourth-order valence-electron chi connectivity index (χ4n) is 1.98. The number of nitrogens with two attached hydrogens (primary N) is 1. The van der Waals surface area contributed by atoms with Gasteiger partial charge < -0.3 is 15.4 Å². The average Bonchev–Trinajstić information content (AvgIpc) is 2.25. The highest BCUT2D eigenvalue weighted by molar-refractivity contribution is 5.76. The molecule has 4 nitrogen and oxygen atoms in total. The first-order valence-electron chi connectivity index (χ1n) is 5.83. The van der Waals surface area contributed by atoms with Gasteiger partial charge in [-0.25, -0.2) is 0 Å². The van der Waals surface area contributed by atoms with E-state index in [0.29, 0.717) is 0 Å². The summed E-state index contributed by atoms with van der Waals surface area (Å²) in [5.41, 5.74) is 5.27. The number of rotatable bonds is 6. The lowest BCUT2D eigenvalue weighted by Gasteiger charge is -2.30. The largest absolute Gasteiger partial charge is 0.382 e. The third-order valence-electron chi connectivity index (χ3n) is 2.96. The van der Waals surface area contributed by atoms with Crippen LogP contribution in [0.2, 0.25) is 0 Å². The Kier molecular flexibility index (Phi) is 5.65. The summed E-state index contributed by atoms with van der Waals surface area (Å²) in [5, 5.41) is 0. The van der Waals surface area contributed by atoms with E-state index in [9.17, 15) is 4.79 Å². The van der Waals surface area contributed by atoms with Crippen molar-refractivity contribution in [2.24, 2.45) is 11.7 Å². The van der Waals surface area contributed by atoms with E-state index in [1.807, 2.05) is 6.92 Å². The molecule has 1 aliphatic heterocycles. The molecule has 0 saturated carbocycles. The van der Waals surface area contributed by atoms with E-state index in [4.69, 9.17) is 10.5 Å². The maximum atomic E-state index is 10.9. The fourth-order valence-corrected chi connectivity index (χ4v) is 1.98. The topological polar surface area (TPSA) is 55.6 Å². The fraction of sp³-hybridized carbons (Fsp3) is 0.909. The van der Waals surface area contributed by atoms with Gasteiger partial charge in [-0.15, -0.1) is 0 Å². The lowest BCUT2D eigenvalue weighted by molar-refractivity contribution is -0.123. The van der Waals surface area contributed by atoms with Gasteiger partial charge in [0.25, 0.3) is 0 Å². The monoisotopic (exact) mass is 214 g/mol. The minimum absolute atomic E-state index is 0.105. The summed E-state index contributed by atoms with van der Waals surface area (Å²) in [4.78, 5) is 13.3. The first kappa shape index (κ1) is 12.5. The maximum Gasteiger partial charge on any atom is 0.220 e. The molecular weight excluding hydrogens is 192 g/mol. The SMILES string of the molecule is CCOCCCN1CCC(C(N)=O)CC1. The third kappa shape index (κ3) is 4.62. The van der Waals surface area contributed by atoms with Crippen LogP contribution in [0.3, 0.4) is 0 Å². The van der Waals surface area contributed by atoms with Gasteiger partial charge in [0, 0.05) is 25.7 Å². The van der Waals surface area contributed by atoms with E-state index in [2.05, 4.69) is 4.90 Å². The standard InChI is InChI=1S/C11H22N2O2/c1-2-15-9-3-6-13-7-4-10(5-8-13)11(12)14/h10H,2-9H2,1H3,(H2,12,14). The molecule has 4 heteroatoms. The molecular formula is C11H22N2O2. The molecule has 1 heterocycles. The molecule has 88 valence electrons. The van der Waals surface area contributed by atoms with Crippen molar-refractivity contribution in [3.05, 3.63) is 0 Å². The number of primary amides is 1. The van der Waals surface area contributed by atoms with Crippen molar-refractivity contribution in [2.75, 3.05) is 32.8 Å². The predicted octanol–water partition coefficient (Wildman–Crippen LogP) is 0.610. The summed E-state index contributed by atoms with van der Waals surface area (Å²) in [6.45, 7) is 6.72. The van der Waals surface area contributed by atoms with Crippen LogP contribution in [0.4, 0.5) is 0 Å². The summed E-state index contributed by atoms with van der Waals surface area (Å²) in [6.07, 6.45) is 2.92. The number of hydrogen-bond acceptors (Lipinski definition) is 3. The summed E-state index contributed by atoms with van der Waals surface area (Å²) >= 11 is 0. The van der Waals surface area contributed by atoms with Crippen LogP contribution in [0.1, 0.15) is 26.2 Å². The van der Waals surface area contributed by atoms with Crippen molar-refractivity contribution in [1.82, 2.24) is 4.90 Å². The van der Waals surface area contributed by atoms with E-state index in [1.54, 1.807) is 0 Å². The molecule has 1 aliphatic rings. The molecule has 0 atom stereocenters. The van der Waals surface area contributed by atoms with Crippen molar-refractivity contribution in [1.29, 1.82) is 0 Å². The van der Waals surface area contributed by atoms with E-state index < -0.39 is 0 Å². The van der Waals surface area contributed by atoms with Gasteiger partial charge in [-0.1, -0.05) is 0 Å². The molecule has 1 saturated heterocycles. The Morgan fingerprint density at radius 2 is 2.13 bits per heavy atom. The van der Waals surface area contributed by atoms with E-state index in [-0.39, 0.29) is 11.8 Å². The molecule has 1 rings (SSSR count). The van der Waals surface area contributed by atoms with Crippen LogP contribution in [0.15, 0.2) is 0 Å². The highest BCUT2D eigenvalue weighted by Gasteiger charge is 2.22. The van der Waals surface area contributed by atoms with Gasteiger partial charge in [-0.05, 0) is 39.3 Å². The molecule has 0 aromatic heterocycles. The molecule has 0 unspecified atom stereocenters. The Morgan fingerprint density at radius 1 is 1.47 bits per heavy atom. The van der Waals surface area contributed by atoms with E-state index >= 15 is 0 Å². The quantitative estimate of drug-likeness (QED) is 0.659. The van der Waals surface area contributed by atoms with Gasteiger partial charge in [0.15, 0.2) is 0 Å². The number of piperidine rings is 1. The lowest BCUT2D eigenvalue weighted by Crippen LogP contribution is -2.39. The number of hydrogen-bond donors (Lipinski definition) is 1. The Morgan fingerprint density at radius 3 is 2.67 bits per heavy atom. The number of ether oxygens (including phenoxy) is 1. The minimum atomic E-state index is -0.135. The second-order valence-electron chi connectivity index (χ2n) is 4.07. The second kappa shape index (κ2) is 6.80. The molecule has 0 aromatic rings. The number of nitrogens with zero attached hydrogens (tertiary/aromatic N) is 1. The van der Waals surface area contributed by atoms with Crippen molar-refractivity contribution >= 4 is 5.91 Å². The van der Waals surface area contributed by atoms with Gasteiger partial charge in [-0.3, -0.25) is 4.79 Å². The molecule has 0 bridgehead atoms. The molecule has 15 heavy (non-hydrogen) atoms. The Hall–Kier alpha value is -0.610. The summed E-state index contributed by atoms with van der Waals surface area (Å²) in [7, 11) is 0. The Balaban J connectivity index is 2.07. The van der Waals surface area contributed by atoms with Gasteiger partial charge in [0.1, 0.15) is 0 Å². The molecule has 0 spiro atoms.